The molecular weight excluding hydrogens is 427 g/mol. The number of nitrogens with zero attached hydrogens (tertiary/aromatic N) is 5. The van der Waals surface area contributed by atoms with E-state index in [0.717, 1.165) is 18.5 Å². The second-order valence-corrected chi connectivity index (χ2v) is 7.57. The number of aromatic nitrogens is 4. The Kier molecular flexibility index (Phi) is 5.38. The van der Waals surface area contributed by atoms with Gasteiger partial charge in [-0.15, -0.1) is 0 Å². The molecule has 2 aromatic rings. The molecule has 27 heavy (non-hydrogen) atoms. The van der Waals surface area contributed by atoms with Gasteiger partial charge in [0.1, 0.15) is 6.04 Å². The Morgan fingerprint density at radius 2 is 2.11 bits per heavy atom. The van der Waals surface area contributed by atoms with Crippen molar-refractivity contribution in [2.24, 2.45) is 0 Å². The number of carbonyl (C=O) groups excluding carboxylic acids is 1. The van der Waals surface area contributed by atoms with Crippen LogP contribution in [0, 0.1) is 0 Å². The van der Waals surface area contributed by atoms with Crippen LogP contribution in [0.5, 0.6) is 0 Å². The summed E-state index contributed by atoms with van der Waals surface area (Å²) in [6, 6.07) is 0.982. The second-order valence-electron chi connectivity index (χ2n) is 6.77. The first kappa shape index (κ1) is 19.9. The number of hydrogen-bond acceptors (Lipinski definition) is 3. The number of likely N-dealkylation sites (N-methyl/N-ethyl adjacent to an activating group) is 1. The lowest BCUT2D eigenvalue weighted by atomic mass is 10.2. The number of carbonyl (C=O) groups is 1. The smallest absolute Gasteiger partial charge is 0.338 e. The highest BCUT2D eigenvalue weighted by Crippen LogP contribution is 2.47. The lowest BCUT2D eigenvalue weighted by Crippen LogP contribution is -2.34. The van der Waals surface area contributed by atoms with E-state index >= 15 is 0 Å². The van der Waals surface area contributed by atoms with Gasteiger partial charge < -0.3 is 4.90 Å². The van der Waals surface area contributed by atoms with E-state index in [2.05, 4.69) is 26.1 Å². The number of hydrogen-bond donors (Lipinski definition) is 0. The summed E-state index contributed by atoms with van der Waals surface area (Å²) in [4.78, 5) is 14.4. The van der Waals surface area contributed by atoms with Gasteiger partial charge in [0.25, 0.3) is 0 Å². The number of halogens is 4. The number of rotatable bonds is 6. The van der Waals surface area contributed by atoms with Crippen LogP contribution in [0.25, 0.3) is 0 Å². The summed E-state index contributed by atoms with van der Waals surface area (Å²) in [5, 5.41) is 7.92. The molecule has 1 fully saturated rings. The predicted octanol–water partition coefficient (Wildman–Crippen LogP) is 3.98. The van der Waals surface area contributed by atoms with E-state index < -0.39 is 17.9 Å². The summed E-state index contributed by atoms with van der Waals surface area (Å²) in [5.74, 6) is -0.297. The molecule has 0 aliphatic heterocycles. The van der Waals surface area contributed by atoms with Crippen molar-refractivity contribution in [3.05, 3.63) is 33.8 Å². The molecular formula is C17H21BrF3N5O. The summed E-state index contributed by atoms with van der Waals surface area (Å²) in [5.41, 5.74) is 0.339. The largest absolute Gasteiger partial charge is 0.436 e. The molecule has 0 saturated heterocycles. The van der Waals surface area contributed by atoms with Gasteiger partial charge in [-0.1, -0.05) is 0 Å². The van der Waals surface area contributed by atoms with E-state index in [9.17, 15) is 18.0 Å². The van der Waals surface area contributed by atoms with E-state index in [1.54, 1.807) is 24.9 Å². The number of amides is 1. The molecule has 2 aromatic heterocycles. The first-order chi connectivity index (χ1) is 12.6. The molecule has 1 saturated carbocycles. The zero-order valence-electron chi connectivity index (χ0n) is 15.3. The third-order valence-electron chi connectivity index (χ3n) is 4.72. The molecule has 2 heterocycles. The summed E-state index contributed by atoms with van der Waals surface area (Å²) < 4.78 is 42.8. The van der Waals surface area contributed by atoms with Crippen molar-refractivity contribution in [1.29, 1.82) is 0 Å². The highest BCUT2D eigenvalue weighted by atomic mass is 79.9. The maximum atomic E-state index is 13.3. The van der Waals surface area contributed by atoms with Gasteiger partial charge >= 0.3 is 6.18 Å². The van der Waals surface area contributed by atoms with Gasteiger partial charge in [0.05, 0.1) is 22.4 Å². The van der Waals surface area contributed by atoms with Gasteiger partial charge in [0.15, 0.2) is 5.69 Å². The Morgan fingerprint density at radius 1 is 1.44 bits per heavy atom. The molecule has 148 valence electrons. The molecule has 1 atom stereocenters. The topological polar surface area (TPSA) is 56.0 Å². The fourth-order valence-corrected chi connectivity index (χ4v) is 3.96. The third-order valence-corrected chi connectivity index (χ3v) is 5.51. The summed E-state index contributed by atoms with van der Waals surface area (Å²) in [6.07, 6.45) is -1.32. The lowest BCUT2D eigenvalue weighted by molar-refractivity contribution is -0.143. The first-order valence-corrected chi connectivity index (χ1v) is 9.55. The summed E-state index contributed by atoms with van der Waals surface area (Å²) >= 11 is 3.06. The standard InChI is InChI=1S/C17H21BrF3N5O/c1-4-25-12(7-8-22-25)9-24(3)16(27)10(2)26-14(11-5-6-11)13(18)15(23-26)17(19,20)21/h7-8,10-11H,4-6,9H2,1-3H3. The quantitative estimate of drug-likeness (QED) is 0.672. The minimum atomic E-state index is -4.57. The third kappa shape index (κ3) is 3.90. The molecule has 1 aliphatic rings. The summed E-state index contributed by atoms with van der Waals surface area (Å²) in [7, 11) is 1.63. The average Bonchev–Trinajstić information content (AvgIpc) is 3.23. The molecule has 0 aromatic carbocycles. The van der Waals surface area contributed by atoms with E-state index in [0.29, 0.717) is 18.8 Å². The Balaban J connectivity index is 1.86. The minimum Gasteiger partial charge on any atom is -0.338 e. The second kappa shape index (κ2) is 7.29. The van der Waals surface area contributed by atoms with Gasteiger partial charge in [-0.3, -0.25) is 14.2 Å². The molecule has 0 spiro atoms. The van der Waals surface area contributed by atoms with Gasteiger partial charge in [0.2, 0.25) is 5.91 Å². The van der Waals surface area contributed by atoms with Crippen molar-refractivity contribution >= 4 is 21.8 Å². The van der Waals surface area contributed by atoms with Gasteiger partial charge in [-0.2, -0.15) is 23.4 Å². The average molecular weight is 448 g/mol. The van der Waals surface area contributed by atoms with E-state index in [-0.39, 0.29) is 16.3 Å². The van der Waals surface area contributed by atoms with Crippen LogP contribution in [0.1, 0.15) is 55.7 Å². The van der Waals surface area contributed by atoms with Crippen LogP contribution < -0.4 is 0 Å². The van der Waals surface area contributed by atoms with Crippen molar-refractivity contribution in [2.45, 2.75) is 57.9 Å². The van der Waals surface area contributed by atoms with E-state index in [4.69, 9.17) is 0 Å². The van der Waals surface area contributed by atoms with Gasteiger partial charge in [0, 0.05) is 25.7 Å². The maximum Gasteiger partial charge on any atom is 0.436 e. The normalized spacial score (nSPS) is 15.8. The number of aryl methyl sites for hydroxylation is 1. The maximum absolute atomic E-state index is 13.3. The summed E-state index contributed by atoms with van der Waals surface area (Å²) in [6.45, 7) is 4.53. The molecule has 10 heteroatoms. The van der Waals surface area contributed by atoms with Crippen LogP contribution in [0.4, 0.5) is 13.2 Å². The van der Waals surface area contributed by atoms with Crippen LogP contribution in [0.3, 0.4) is 0 Å². The Morgan fingerprint density at radius 3 is 2.67 bits per heavy atom. The zero-order chi connectivity index (χ0) is 19.9. The molecule has 1 amide bonds. The van der Waals surface area contributed by atoms with Crippen molar-refractivity contribution in [1.82, 2.24) is 24.5 Å². The van der Waals surface area contributed by atoms with Crippen molar-refractivity contribution in [2.75, 3.05) is 7.05 Å². The first-order valence-electron chi connectivity index (χ1n) is 8.75. The molecule has 3 rings (SSSR count). The predicted molar refractivity (Wildman–Crippen MR) is 96.0 cm³/mol. The van der Waals surface area contributed by atoms with Crippen LogP contribution in [-0.2, 0) is 24.1 Å². The van der Waals surface area contributed by atoms with Crippen LogP contribution >= 0.6 is 15.9 Å². The number of alkyl halides is 3. The Hall–Kier alpha value is -1.84. The molecule has 0 N–H and O–H groups in total. The van der Waals surface area contributed by atoms with Gasteiger partial charge in [-0.05, 0) is 48.7 Å². The monoisotopic (exact) mass is 447 g/mol. The molecule has 1 aliphatic carbocycles. The van der Waals surface area contributed by atoms with Gasteiger partial charge in [-0.25, -0.2) is 0 Å². The molecule has 6 nitrogen and oxygen atoms in total. The highest BCUT2D eigenvalue weighted by Gasteiger charge is 2.43. The highest BCUT2D eigenvalue weighted by molar-refractivity contribution is 9.10. The van der Waals surface area contributed by atoms with E-state index in [1.165, 1.54) is 9.58 Å². The Bertz CT molecular complexity index is 840. The molecule has 0 bridgehead atoms. The van der Waals surface area contributed by atoms with Crippen molar-refractivity contribution < 1.29 is 18.0 Å². The lowest BCUT2D eigenvalue weighted by Gasteiger charge is -2.23. The van der Waals surface area contributed by atoms with Crippen LogP contribution in [-0.4, -0.2) is 37.4 Å². The molecule has 0 radical (unpaired) electrons. The Labute approximate surface area is 163 Å². The van der Waals surface area contributed by atoms with Crippen molar-refractivity contribution in [3.8, 4) is 0 Å². The minimum absolute atomic E-state index is 0.00468. The van der Waals surface area contributed by atoms with Crippen LogP contribution in [0.2, 0.25) is 0 Å². The fraction of sp³-hybridized carbons (Fsp3) is 0.588. The van der Waals surface area contributed by atoms with Crippen molar-refractivity contribution in [3.63, 3.8) is 0 Å². The zero-order valence-corrected chi connectivity index (χ0v) is 16.9. The molecule has 1 unspecified atom stereocenters. The fourth-order valence-electron chi connectivity index (χ4n) is 3.15. The SMILES string of the molecule is CCn1nccc1CN(C)C(=O)C(C)n1nc(C(F)(F)F)c(Br)c1C1CC1. The van der Waals surface area contributed by atoms with Crippen LogP contribution in [0.15, 0.2) is 16.7 Å². The van der Waals surface area contributed by atoms with E-state index in [1.807, 2.05) is 13.0 Å².